The minimum Gasteiger partial charge on any atom is -0.508 e. The second kappa shape index (κ2) is 7.00. The van der Waals surface area contributed by atoms with Crippen LogP contribution in [0.5, 0.6) is 11.5 Å². The lowest BCUT2D eigenvalue weighted by Crippen LogP contribution is -2.02. The third-order valence-electron chi connectivity index (χ3n) is 4.59. The molecule has 0 bridgehead atoms. The van der Waals surface area contributed by atoms with Gasteiger partial charge in [0.1, 0.15) is 17.3 Å². The number of imidazole rings is 1. The number of aromatic nitrogens is 2. The second-order valence-electron chi connectivity index (χ2n) is 6.35. The van der Waals surface area contributed by atoms with E-state index < -0.39 is 0 Å². The Morgan fingerprint density at radius 3 is 1.93 bits per heavy atom. The summed E-state index contributed by atoms with van der Waals surface area (Å²) in [7, 11) is 0. The molecule has 2 N–H and O–H groups in total. The third kappa shape index (κ3) is 3.17. The van der Waals surface area contributed by atoms with E-state index in [9.17, 15) is 10.2 Å². The maximum Gasteiger partial charge on any atom is 0.145 e. The molecule has 0 atom stereocenters. The van der Waals surface area contributed by atoms with Crippen molar-refractivity contribution in [3.05, 3.63) is 84.6 Å². The Bertz CT molecular complexity index is 1050. The van der Waals surface area contributed by atoms with Crippen LogP contribution in [-0.2, 0) is 6.42 Å². The van der Waals surface area contributed by atoms with Gasteiger partial charge in [-0.25, -0.2) is 4.98 Å². The average Bonchev–Trinajstić information content (AvgIpc) is 3.09. The lowest BCUT2D eigenvalue weighted by molar-refractivity contribution is 0.474. The molecule has 4 nitrogen and oxygen atoms in total. The summed E-state index contributed by atoms with van der Waals surface area (Å²) in [5, 5.41) is 19.3. The smallest absolute Gasteiger partial charge is 0.145 e. The number of nitrogens with zero attached hydrogens (tertiary/aromatic N) is 2. The summed E-state index contributed by atoms with van der Waals surface area (Å²) in [5.41, 5.74) is 4.94. The number of phenolic OH excluding ortho intramolecular Hbond substituents is 2. The van der Waals surface area contributed by atoms with E-state index in [1.165, 1.54) is 0 Å². The normalized spacial score (nSPS) is 10.9. The van der Waals surface area contributed by atoms with Gasteiger partial charge in [0.25, 0.3) is 0 Å². The highest BCUT2D eigenvalue weighted by atomic mass is 16.3. The molecular weight excluding hydrogens is 336 g/mol. The van der Waals surface area contributed by atoms with Gasteiger partial charge < -0.3 is 10.2 Å². The minimum absolute atomic E-state index is 0.223. The molecule has 0 amide bonds. The number of phenols is 2. The van der Waals surface area contributed by atoms with Crippen LogP contribution in [0.15, 0.2) is 78.9 Å². The van der Waals surface area contributed by atoms with Crippen molar-refractivity contribution in [2.24, 2.45) is 0 Å². The highest BCUT2D eigenvalue weighted by Gasteiger charge is 2.19. The molecule has 134 valence electrons. The molecule has 3 aromatic carbocycles. The van der Waals surface area contributed by atoms with Crippen molar-refractivity contribution in [1.82, 2.24) is 9.55 Å². The van der Waals surface area contributed by atoms with Gasteiger partial charge in [-0.2, -0.15) is 0 Å². The Labute approximate surface area is 158 Å². The Kier molecular flexibility index (Phi) is 4.38. The number of aromatic hydroxyl groups is 2. The van der Waals surface area contributed by atoms with Gasteiger partial charge in [0, 0.05) is 16.8 Å². The fourth-order valence-corrected chi connectivity index (χ4v) is 3.29. The van der Waals surface area contributed by atoms with E-state index in [2.05, 4.69) is 23.6 Å². The molecule has 1 aromatic heterocycles. The lowest BCUT2D eigenvalue weighted by atomic mass is 10.1. The summed E-state index contributed by atoms with van der Waals surface area (Å²) < 4.78 is 2.12. The maximum absolute atomic E-state index is 9.68. The SMILES string of the molecule is CCc1c(-c2ccccc2)nc(-c2ccc(O)cc2)n1-c1ccc(O)cc1. The van der Waals surface area contributed by atoms with Crippen LogP contribution >= 0.6 is 0 Å². The van der Waals surface area contributed by atoms with Gasteiger partial charge in [0.15, 0.2) is 0 Å². The fourth-order valence-electron chi connectivity index (χ4n) is 3.29. The van der Waals surface area contributed by atoms with E-state index in [-0.39, 0.29) is 11.5 Å². The second-order valence-corrected chi connectivity index (χ2v) is 6.35. The molecule has 0 aliphatic rings. The molecule has 0 fully saturated rings. The summed E-state index contributed by atoms with van der Waals surface area (Å²) in [6, 6.07) is 24.3. The van der Waals surface area contributed by atoms with Gasteiger partial charge in [-0.3, -0.25) is 4.57 Å². The third-order valence-corrected chi connectivity index (χ3v) is 4.59. The Morgan fingerprint density at radius 2 is 1.33 bits per heavy atom. The summed E-state index contributed by atoms with van der Waals surface area (Å²) >= 11 is 0. The molecule has 0 unspecified atom stereocenters. The van der Waals surface area contributed by atoms with Crippen molar-refractivity contribution >= 4 is 0 Å². The Hall–Kier alpha value is -3.53. The molecule has 0 aliphatic carbocycles. The lowest BCUT2D eigenvalue weighted by Gasteiger charge is -2.12. The van der Waals surface area contributed by atoms with E-state index >= 15 is 0 Å². The molecule has 0 spiro atoms. The van der Waals surface area contributed by atoms with Crippen molar-refractivity contribution in [3.63, 3.8) is 0 Å². The predicted molar refractivity (Wildman–Crippen MR) is 107 cm³/mol. The fraction of sp³-hybridized carbons (Fsp3) is 0.0870. The first-order valence-corrected chi connectivity index (χ1v) is 8.93. The summed E-state index contributed by atoms with van der Waals surface area (Å²) in [4.78, 5) is 4.97. The predicted octanol–water partition coefficient (Wildman–Crippen LogP) is 5.18. The molecular formula is C23H20N2O2. The van der Waals surface area contributed by atoms with Crippen LogP contribution in [-0.4, -0.2) is 19.8 Å². The van der Waals surface area contributed by atoms with Crippen LogP contribution in [0.25, 0.3) is 28.3 Å². The van der Waals surface area contributed by atoms with E-state index in [1.54, 1.807) is 24.3 Å². The van der Waals surface area contributed by atoms with E-state index in [1.807, 2.05) is 42.5 Å². The summed E-state index contributed by atoms with van der Waals surface area (Å²) in [6.45, 7) is 2.11. The van der Waals surface area contributed by atoms with Crippen LogP contribution in [0.4, 0.5) is 0 Å². The largest absolute Gasteiger partial charge is 0.508 e. The molecule has 27 heavy (non-hydrogen) atoms. The van der Waals surface area contributed by atoms with Gasteiger partial charge in [0.05, 0.1) is 11.4 Å². The van der Waals surface area contributed by atoms with Gasteiger partial charge in [-0.05, 0) is 55.0 Å². The molecule has 0 saturated carbocycles. The van der Waals surface area contributed by atoms with Crippen molar-refractivity contribution in [2.75, 3.05) is 0 Å². The van der Waals surface area contributed by atoms with Gasteiger partial charge >= 0.3 is 0 Å². The molecule has 4 rings (SSSR count). The van der Waals surface area contributed by atoms with Crippen molar-refractivity contribution < 1.29 is 10.2 Å². The molecule has 4 aromatic rings. The van der Waals surface area contributed by atoms with E-state index in [4.69, 9.17) is 4.98 Å². The van der Waals surface area contributed by atoms with Crippen LogP contribution in [0.2, 0.25) is 0 Å². The van der Waals surface area contributed by atoms with Crippen LogP contribution < -0.4 is 0 Å². The highest BCUT2D eigenvalue weighted by molar-refractivity contribution is 5.71. The number of benzene rings is 3. The molecule has 1 heterocycles. The topological polar surface area (TPSA) is 58.3 Å². The average molecular weight is 356 g/mol. The van der Waals surface area contributed by atoms with Crippen LogP contribution in [0, 0.1) is 0 Å². The number of rotatable bonds is 4. The number of hydrogen-bond donors (Lipinski definition) is 2. The quantitative estimate of drug-likeness (QED) is 0.530. The molecule has 0 aliphatic heterocycles. The van der Waals surface area contributed by atoms with Crippen LogP contribution in [0.3, 0.4) is 0 Å². The van der Waals surface area contributed by atoms with E-state index in [0.29, 0.717) is 0 Å². The molecule has 4 heteroatoms. The highest BCUT2D eigenvalue weighted by Crippen LogP contribution is 2.33. The first-order valence-electron chi connectivity index (χ1n) is 8.93. The van der Waals surface area contributed by atoms with Crippen molar-refractivity contribution in [2.45, 2.75) is 13.3 Å². The van der Waals surface area contributed by atoms with Gasteiger partial charge in [-0.1, -0.05) is 37.3 Å². The Balaban J connectivity index is 2.00. The van der Waals surface area contributed by atoms with Crippen LogP contribution in [0.1, 0.15) is 12.6 Å². The zero-order chi connectivity index (χ0) is 18.8. The molecule has 0 radical (unpaired) electrons. The number of hydrogen-bond acceptors (Lipinski definition) is 3. The van der Waals surface area contributed by atoms with Gasteiger partial charge in [0.2, 0.25) is 0 Å². The van der Waals surface area contributed by atoms with E-state index in [0.717, 1.165) is 40.4 Å². The zero-order valence-electron chi connectivity index (χ0n) is 15.0. The van der Waals surface area contributed by atoms with Crippen molar-refractivity contribution in [1.29, 1.82) is 0 Å². The van der Waals surface area contributed by atoms with Gasteiger partial charge in [-0.15, -0.1) is 0 Å². The first-order chi connectivity index (χ1) is 13.2. The zero-order valence-corrected chi connectivity index (χ0v) is 15.0. The molecule has 0 saturated heterocycles. The summed E-state index contributed by atoms with van der Waals surface area (Å²) in [5.74, 6) is 1.25. The monoisotopic (exact) mass is 356 g/mol. The summed E-state index contributed by atoms with van der Waals surface area (Å²) in [6.07, 6.45) is 0.802. The minimum atomic E-state index is 0.223. The Morgan fingerprint density at radius 1 is 0.741 bits per heavy atom. The first kappa shape index (κ1) is 16.9. The maximum atomic E-state index is 9.68. The standard InChI is InChI=1S/C23H20N2O2/c1-2-21-22(16-6-4-3-5-7-16)24-23(17-8-12-19(26)13-9-17)25(21)18-10-14-20(27)15-11-18/h3-15,26-27H,2H2,1H3. The van der Waals surface area contributed by atoms with Crippen molar-refractivity contribution in [3.8, 4) is 39.8 Å².